The Hall–Kier alpha value is -0.720. The Morgan fingerprint density at radius 2 is 1.74 bits per heavy atom. The van der Waals surface area contributed by atoms with Crippen molar-refractivity contribution in [3.63, 3.8) is 0 Å². The summed E-state index contributed by atoms with van der Waals surface area (Å²) in [5, 5.41) is 3.20. The summed E-state index contributed by atoms with van der Waals surface area (Å²) in [5.74, 6) is 0. The Morgan fingerprint density at radius 3 is 2.16 bits per heavy atom. The molecule has 0 amide bonds. The summed E-state index contributed by atoms with van der Waals surface area (Å²) < 4.78 is 35.1. The van der Waals surface area contributed by atoms with E-state index in [9.17, 15) is 12.6 Å². The van der Waals surface area contributed by atoms with Gasteiger partial charge < -0.3 is 5.32 Å². The van der Waals surface area contributed by atoms with Crippen molar-refractivity contribution < 1.29 is 12.6 Å². The second-order valence-corrected chi connectivity index (χ2v) is 8.42. The number of benzene rings is 1. The Kier molecular flexibility index (Phi) is 5.70. The molecule has 0 bridgehead atoms. The van der Waals surface area contributed by atoms with Crippen LogP contribution in [0.1, 0.15) is 20.8 Å². The molecule has 3 atom stereocenters. The molecule has 1 rings (SSSR count). The summed E-state index contributed by atoms with van der Waals surface area (Å²) in [4.78, 5) is 0.908. The first-order chi connectivity index (χ1) is 8.77. The predicted molar refractivity (Wildman–Crippen MR) is 78.6 cm³/mol. The quantitative estimate of drug-likeness (QED) is 0.867. The van der Waals surface area contributed by atoms with Gasteiger partial charge in [0.15, 0.2) is 9.84 Å². The van der Waals surface area contributed by atoms with Gasteiger partial charge in [0.2, 0.25) is 0 Å². The molecule has 0 aliphatic carbocycles. The highest BCUT2D eigenvalue weighted by atomic mass is 32.2. The largest absolute Gasteiger partial charge is 0.313 e. The van der Waals surface area contributed by atoms with E-state index in [1.807, 2.05) is 20.8 Å². The van der Waals surface area contributed by atoms with Crippen LogP contribution in [0.5, 0.6) is 0 Å². The van der Waals surface area contributed by atoms with Crippen molar-refractivity contribution in [2.45, 2.75) is 41.9 Å². The van der Waals surface area contributed by atoms with E-state index in [4.69, 9.17) is 0 Å². The number of sulfone groups is 1. The average molecular weight is 303 g/mol. The van der Waals surface area contributed by atoms with Gasteiger partial charge in [-0.05, 0) is 44.7 Å². The lowest BCUT2D eigenvalue weighted by Crippen LogP contribution is -2.37. The Bertz CT molecular complexity index is 538. The highest BCUT2D eigenvalue weighted by Crippen LogP contribution is 2.17. The smallest absolute Gasteiger partial charge is 0.175 e. The third-order valence-electron chi connectivity index (χ3n) is 3.05. The normalized spacial score (nSPS) is 16.8. The van der Waals surface area contributed by atoms with Crippen LogP contribution < -0.4 is 5.32 Å². The zero-order valence-corrected chi connectivity index (χ0v) is 13.3. The lowest BCUT2D eigenvalue weighted by atomic mass is 10.2. The average Bonchev–Trinajstić information content (AvgIpc) is 2.36. The molecule has 0 fully saturated rings. The van der Waals surface area contributed by atoms with Gasteiger partial charge in [-0.1, -0.05) is 6.92 Å². The molecule has 0 aromatic heterocycles. The summed E-state index contributed by atoms with van der Waals surface area (Å²) in [6, 6.07) is 6.41. The Balaban J connectivity index is 2.90. The third kappa shape index (κ3) is 4.40. The van der Waals surface area contributed by atoms with Crippen molar-refractivity contribution >= 4 is 20.6 Å². The van der Waals surface area contributed by atoms with Crippen LogP contribution in [-0.4, -0.2) is 36.7 Å². The van der Waals surface area contributed by atoms with Crippen molar-refractivity contribution in [2.75, 3.05) is 12.8 Å². The van der Waals surface area contributed by atoms with Gasteiger partial charge in [-0.3, -0.25) is 4.21 Å². The molecule has 1 aromatic rings. The van der Waals surface area contributed by atoms with Gasteiger partial charge in [0.05, 0.1) is 20.9 Å². The van der Waals surface area contributed by atoms with Gasteiger partial charge in [-0.2, -0.15) is 0 Å². The Morgan fingerprint density at radius 1 is 1.21 bits per heavy atom. The Labute approximate surface area is 118 Å². The van der Waals surface area contributed by atoms with Crippen LogP contribution in [0.4, 0.5) is 0 Å². The summed E-state index contributed by atoms with van der Waals surface area (Å²) in [7, 11) is -4.35. The second-order valence-electron chi connectivity index (χ2n) is 4.59. The van der Waals surface area contributed by atoms with Crippen molar-refractivity contribution in [3.05, 3.63) is 24.3 Å². The summed E-state index contributed by atoms with van der Waals surface area (Å²) >= 11 is 0. The van der Waals surface area contributed by atoms with Gasteiger partial charge in [0, 0.05) is 17.2 Å². The molecule has 19 heavy (non-hydrogen) atoms. The van der Waals surface area contributed by atoms with E-state index < -0.39 is 20.6 Å². The highest BCUT2D eigenvalue weighted by molar-refractivity contribution is 7.90. The maximum absolute atomic E-state index is 12.3. The molecular weight excluding hydrogens is 282 g/mol. The molecule has 6 heteroatoms. The summed E-state index contributed by atoms with van der Waals surface area (Å²) in [6.45, 7) is 6.76. The fourth-order valence-electron chi connectivity index (χ4n) is 1.71. The van der Waals surface area contributed by atoms with Gasteiger partial charge in [0.25, 0.3) is 0 Å². The lowest BCUT2D eigenvalue weighted by Gasteiger charge is -2.20. The molecular formula is C13H21NO3S2. The van der Waals surface area contributed by atoms with Crippen LogP contribution in [0, 0.1) is 0 Å². The third-order valence-corrected chi connectivity index (χ3v) is 6.00. The minimum absolute atomic E-state index is 0.0379. The molecule has 0 saturated carbocycles. The molecule has 0 spiro atoms. The zero-order chi connectivity index (χ0) is 14.6. The maximum atomic E-state index is 12.3. The minimum atomic E-state index is -3.20. The van der Waals surface area contributed by atoms with Gasteiger partial charge in [-0.25, -0.2) is 8.42 Å². The van der Waals surface area contributed by atoms with Crippen molar-refractivity contribution in [3.8, 4) is 0 Å². The van der Waals surface area contributed by atoms with Crippen LogP contribution in [0.25, 0.3) is 0 Å². The van der Waals surface area contributed by atoms with Crippen molar-refractivity contribution in [1.82, 2.24) is 5.32 Å². The molecule has 4 nitrogen and oxygen atoms in total. The number of rotatable bonds is 6. The SMILES string of the molecule is CCNC(C)C(C)S(=O)c1ccc(S(C)(=O)=O)cc1. The van der Waals surface area contributed by atoms with Crippen LogP contribution in [0.3, 0.4) is 0 Å². The van der Waals surface area contributed by atoms with Crippen molar-refractivity contribution in [2.24, 2.45) is 0 Å². The molecule has 108 valence electrons. The van der Waals surface area contributed by atoms with E-state index >= 15 is 0 Å². The first kappa shape index (κ1) is 16.3. The minimum Gasteiger partial charge on any atom is -0.313 e. The molecule has 1 aromatic carbocycles. The van der Waals surface area contributed by atoms with E-state index in [-0.39, 0.29) is 16.2 Å². The topological polar surface area (TPSA) is 63.2 Å². The standard InChI is InChI=1S/C13H21NO3S2/c1-5-14-10(2)11(3)18(15)12-6-8-13(9-7-12)19(4,16)17/h6-11,14H,5H2,1-4H3. The van der Waals surface area contributed by atoms with E-state index in [0.717, 1.165) is 12.8 Å². The first-order valence-corrected chi connectivity index (χ1v) is 9.32. The zero-order valence-electron chi connectivity index (χ0n) is 11.7. The van der Waals surface area contributed by atoms with Crippen LogP contribution in [-0.2, 0) is 20.6 Å². The predicted octanol–water partition coefficient (Wildman–Crippen LogP) is 1.58. The summed E-state index contributed by atoms with van der Waals surface area (Å²) in [5.41, 5.74) is 0. The molecule has 0 aliphatic rings. The number of hydrogen-bond acceptors (Lipinski definition) is 4. The van der Waals surface area contributed by atoms with Crippen LogP contribution >= 0.6 is 0 Å². The van der Waals surface area contributed by atoms with E-state index in [0.29, 0.717) is 4.90 Å². The molecule has 0 saturated heterocycles. The number of hydrogen-bond donors (Lipinski definition) is 1. The lowest BCUT2D eigenvalue weighted by molar-refractivity contribution is 0.550. The molecule has 0 heterocycles. The fourth-order valence-corrected chi connectivity index (χ4v) is 3.64. The van der Waals surface area contributed by atoms with E-state index in [1.165, 1.54) is 12.1 Å². The molecule has 3 unspecified atom stereocenters. The van der Waals surface area contributed by atoms with Gasteiger partial charge in [-0.15, -0.1) is 0 Å². The number of nitrogens with one attached hydrogen (secondary N) is 1. The fraction of sp³-hybridized carbons (Fsp3) is 0.538. The second kappa shape index (κ2) is 6.63. The summed E-state index contributed by atoms with van der Waals surface area (Å²) in [6.07, 6.45) is 1.16. The van der Waals surface area contributed by atoms with E-state index in [2.05, 4.69) is 5.32 Å². The van der Waals surface area contributed by atoms with Gasteiger partial charge in [0.1, 0.15) is 0 Å². The van der Waals surface area contributed by atoms with Gasteiger partial charge >= 0.3 is 0 Å². The van der Waals surface area contributed by atoms with Crippen LogP contribution in [0.2, 0.25) is 0 Å². The van der Waals surface area contributed by atoms with Crippen molar-refractivity contribution in [1.29, 1.82) is 0 Å². The van der Waals surface area contributed by atoms with E-state index in [1.54, 1.807) is 12.1 Å². The molecule has 0 radical (unpaired) electrons. The highest BCUT2D eigenvalue weighted by Gasteiger charge is 2.19. The van der Waals surface area contributed by atoms with Crippen LogP contribution in [0.15, 0.2) is 34.1 Å². The molecule has 1 N–H and O–H groups in total. The molecule has 0 aliphatic heterocycles. The maximum Gasteiger partial charge on any atom is 0.175 e. The first-order valence-electron chi connectivity index (χ1n) is 6.21. The monoisotopic (exact) mass is 303 g/mol.